The molecule has 43 heavy (non-hydrogen) atoms. The van der Waals surface area contributed by atoms with Crippen molar-refractivity contribution in [2.75, 3.05) is 0 Å². The molecule has 1 heterocycles. The van der Waals surface area contributed by atoms with Crippen LogP contribution < -0.4 is 5.32 Å². The highest BCUT2D eigenvalue weighted by Gasteiger charge is 2.31. The van der Waals surface area contributed by atoms with Crippen LogP contribution >= 0.6 is 0 Å². The summed E-state index contributed by atoms with van der Waals surface area (Å²) >= 11 is 0. The topological polar surface area (TPSA) is 126 Å². The Kier molecular flexibility index (Phi) is 12.2. The fraction of sp³-hybridized carbons (Fsp3) is 0.250. The largest absolute Gasteiger partial charge is 0.508 e. The standard InChI is InChI=1S/C30H26F3N3O5.C2H6/c1-4-5-6-21(30(31,32)33)13-17(2)20-9-12-25-23(15-20)24(28(39)36-41)16-27(34-25)29(40)35-26(18(3)37)14-19-7-10-22(38)11-8-19;1-2/h4-13,15-16,26,38H,14H2,1-3H3,(H,35,40);1-2H3/b5-4-,17-13+,21-6+;. The monoisotopic (exact) mass is 595 g/mol. The van der Waals surface area contributed by atoms with Crippen molar-refractivity contribution in [3.05, 3.63) is 106 Å². The van der Waals surface area contributed by atoms with Crippen LogP contribution in [0.3, 0.4) is 0 Å². The number of phenols is 1. The number of nitrogens with zero attached hydrogens (tertiary/aromatic N) is 2. The molecular formula is C32H32F3N3O5. The van der Waals surface area contributed by atoms with E-state index < -0.39 is 29.6 Å². The number of alkyl halides is 3. The third-order valence-electron chi connectivity index (χ3n) is 6.15. The molecule has 11 heteroatoms. The number of hydrogen-bond acceptors (Lipinski definition) is 6. The van der Waals surface area contributed by atoms with Crippen LogP contribution in [0.2, 0.25) is 0 Å². The number of fused-ring (bicyclic) bond motifs is 1. The Morgan fingerprint density at radius 1 is 1.05 bits per heavy atom. The molecule has 0 bridgehead atoms. The predicted octanol–water partition coefficient (Wildman–Crippen LogP) is 7.27. The van der Waals surface area contributed by atoms with Crippen molar-refractivity contribution in [2.45, 2.75) is 53.3 Å². The summed E-state index contributed by atoms with van der Waals surface area (Å²) in [6, 6.07) is 10.4. The highest BCUT2D eigenvalue weighted by atomic mass is 19.4. The van der Waals surface area contributed by atoms with Gasteiger partial charge in [-0.3, -0.25) is 14.4 Å². The number of rotatable bonds is 9. The van der Waals surface area contributed by atoms with E-state index in [1.807, 2.05) is 13.8 Å². The molecule has 0 aliphatic carbocycles. The maximum Gasteiger partial charge on any atom is 0.416 e. The Labute approximate surface area is 247 Å². The summed E-state index contributed by atoms with van der Waals surface area (Å²) in [7, 11) is 0. The van der Waals surface area contributed by atoms with E-state index in [9.17, 15) is 37.6 Å². The number of amides is 2. The van der Waals surface area contributed by atoms with Crippen LogP contribution in [0.15, 0.2) is 83.6 Å². The minimum Gasteiger partial charge on any atom is -0.508 e. The Bertz CT molecular complexity index is 1590. The number of pyridine rings is 1. The number of aromatic hydroxyl groups is 1. The number of allylic oxidation sites excluding steroid dienone is 6. The fourth-order valence-electron chi connectivity index (χ4n) is 3.95. The van der Waals surface area contributed by atoms with Crippen molar-refractivity contribution in [2.24, 2.45) is 5.18 Å². The molecule has 0 aliphatic heterocycles. The zero-order chi connectivity index (χ0) is 32.3. The van der Waals surface area contributed by atoms with E-state index >= 15 is 0 Å². The lowest BCUT2D eigenvalue weighted by Crippen LogP contribution is -2.41. The summed E-state index contributed by atoms with van der Waals surface area (Å²) in [6.45, 7) is 8.34. The molecule has 226 valence electrons. The average molecular weight is 596 g/mol. The number of halogens is 3. The van der Waals surface area contributed by atoms with E-state index in [0.29, 0.717) is 11.1 Å². The van der Waals surface area contributed by atoms with E-state index in [4.69, 9.17) is 0 Å². The number of carbonyl (C=O) groups is 3. The van der Waals surface area contributed by atoms with Crippen molar-refractivity contribution in [3.63, 3.8) is 0 Å². The molecule has 0 saturated carbocycles. The molecule has 2 aromatic carbocycles. The number of hydrogen-bond donors (Lipinski definition) is 2. The van der Waals surface area contributed by atoms with E-state index in [1.54, 1.807) is 19.1 Å². The molecule has 1 aromatic heterocycles. The molecule has 0 fully saturated rings. The van der Waals surface area contributed by atoms with Gasteiger partial charge >= 0.3 is 12.1 Å². The Hall–Kier alpha value is -4.93. The molecule has 2 amide bonds. The highest BCUT2D eigenvalue weighted by Crippen LogP contribution is 2.31. The normalized spacial score (nSPS) is 12.8. The summed E-state index contributed by atoms with van der Waals surface area (Å²) in [5.74, 6) is -2.32. The van der Waals surface area contributed by atoms with Gasteiger partial charge in [-0.05, 0) is 80.3 Å². The minimum atomic E-state index is -4.61. The van der Waals surface area contributed by atoms with Crippen LogP contribution in [0.1, 0.15) is 66.6 Å². The van der Waals surface area contributed by atoms with Gasteiger partial charge in [0.2, 0.25) is 0 Å². The van der Waals surface area contributed by atoms with Crippen LogP contribution in [0.5, 0.6) is 5.75 Å². The summed E-state index contributed by atoms with van der Waals surface area (Å²) in [5.41, 5.74) is -0.120. The lowest BCUT2D eigenvalue weighted by Gasteiger charge is -2.16. The third kappa shape index (κ3) is 9.29. The lowest BCUT2D eigenvalue weighted by molar-refractivity contribution is -0.118. The molecule has 1 atom stereocenters. The molecule has 0 aliphatic rings. The van der Waals surface area contributed by atoms with E-state index in [-0.39, 0.29) is 45.7 Å². The second-order valence-corrected chi connectivity index (χ2v) is 9.16. The van der Waals surface area contributed by atoms with E-state index in [1.165, 1.54) is 56.3 Å². The summed E-state index contributed by atoms with van der Waals surface area (Å²) in [4.78, 5) is 53.1. The van der Waals surface area contributed by atoms with Gasteiger partial charge in [0.25, 0.3) is 5.91 Å². The first-order valence-electron chi connectivity index (χ1n) is 13.3. The first-order valence-corrected chi connectivity index (χ1v) is 13.3. The smallest absolute Gasteiger partial charge is 0.416 e. The van der Waals surface area contributed by atoms with Crippen LogP contribution in [0, 0.1) is 4.91 Å². The number of phenolic OH excluding ortho intramolecular Hbond substituents is 1. The number of Topliss-reactive ketones (excluding diaryl/α,β-unsaturated/α-hetero) is 1. The second-order valence-electron chi connectivity index (χ2n) is 9.16. The van der Waals surface area contributed by atoms with Gasteiger partial charge in [-0.2, -0.15) is 13.2 Å². The van der Waals surface area contributed by atoms with Gasteiger partial charge in [0, 0.05) is 10.6 Å². The molecule has 2 N–H and O–H groups in total. The van der Waals surface area contributed by atoms with E-state index in [2.05, 4.69) is 15.5 Å². The first-order chi connectivity index (χ1) is 20.3. The third-order valence-corrected chi connectivity index (χ3v) is 6.15. The lowest BCUT2D eigenvalue weighted by atomic mass is 9.98. The van der Waals surface area contributed by atoms with Gasteiger partial charge in [0.1, 0.15) is 11.4 Å². The van der Waals surface area contributed by atoms with Gasteiger partial charge in [-0.15, -0.1) is 4.91 Å². The number of ketones is 1. The van der Waals surface area contributed by atoms with Crippen LogP contribution in [0.4, 0.5) is 13.2 Å². The molecule has 8 nitrogen and oxygen atoms in total. The summed E-state index contributed by atoms with van der Waals surface area (Å²) in [5, 5.41) is 14.6. The zero-order valence-electron chi connectivity index (χ0n) is 24.3. The Morgan fingerprint density at radius 2 is 1.70 bits per heavy atom. The van der Waals surface area contributed by atoms with Gasteiger partial charge in [-0.25, -0.2) is 4.98 Å². The number of aromatic nitrogens is 1. The number of benzene rings is 2. The molecule has 3 aromatic rings. The van der Waals surface area contributed by atoms with Crippen LogP contribution in [-0.4, -0.2) is 39.9 Å². The Morgan fingerprint density at radius 3 is 2.26 bits per heavy atom. The van der Waals surface area contributed by atoms with Gasteiger partial charge in [-0.1, -0.05) is 50.3 Å². The van der Waals surface area contributed by atoms with E-state index in [0.717, 1.165) is 18.2 Å². The second kappa shape index (κ2) is 15.3. The van der Waals surface area contributed by atoms with Gasteiger partial charge in [0.05, 0.1) is 22.7 Å². The van der Waals surface area contributed by atoms with Gasteiger partial charge < -0.3 is 10.4 Å². The summed E-state index contributed by atoms with van der Waals surface area (Å²) < 4.78 is 40.4. The quantitative estimate of drug-likeness (QED) is 0.198. The number of nitrogens with one attached hydrogen (secondary N) is 1. The molecular weight excluding hydrogens is 563 g/mol. The fourth-order valence-corrected chi connectivity index (χ4v) is 3.95. The van der Waals surface area contributed by atoms with Crippen LogP contribution in [0.25, 0.3) is 16.5 Å². The van der Waals surface area contributed by atoms with Crippen molar-refractivity contribution < 1.29 is 32.7 Å². The van der Waals surface area contributed by atoms with Gasteiger partial charge in [0.15, 0.2) is 5.78 Å². The predicted molar refractivity (Wildman–Crippen MR) is 160 cm³/mol. The van der Waals surface area contributed by atoms with Crippen molar-refractivity contribution in [1.82, 2.24) is 10.3 Å². The van der Waals surface area contributed by atoms with Crippen LogP contribution in [-0.2, 0) is 11.2 Å². The minimum absolute atomic E-state index is 0.0401. The molecule has 3 rings (SSSR count). The molecule has 0 saturated heterocycles. The summed E-state index contributed by atoms with van der Waals surface area (Å²) in [6.07, 6.45) is 0.111. The van der Waals surface area contributed by atoms with Crippen molar-refractivity contribution >= 4 is 34.1 Å². The molecule has 1 unspecified atom stereocenters. The Balaban J connectivity index is 0.00000316. The number of carbonyl (C=O) groups excluding carboxylic acids is 3. The zero-order valence-corrected chi connectivity index (χ0v) is 24.3. The molecule has 0 radical (unpaired) electrons. The molecule has 0 spiro atoms. The maximum atomic E-state index is 13.5. The number of nitroso groups, excluding NO2 is 1. The first kappa shape index (κ1) is 34.3. The maximum absolute atomic E-state index is 13.5. The SMILES string of the molecule is CC.C\C=C/C=C(\C=C(/C)c1ccc2nc(C(=O)NC(Cc3ccc(O)cc3)C(C)=O)cc(C(=O)N=O)c2c1)C(F)(F)F. The van der Waals surface area contributed by atoms with Crippen molar-refractivity contribution in [3.8, 4) is 5.75 Å². The highest BCUT2D eigenvalue weighted by molar-refractivity contribution is 6.09. The average Bonchev–Trinajstić information content (AvgIpc) is 2.98. The van der Waals surface area contributed by atoms with Crippen molar-refractivity contribution in [1.29, 1.82) is 0 Å².